The van der Waals surface area contributed by atoms with Gasteiger partial charge in [-0.3, -0.25) is 0 Å². The van der Waals surface area contributed by atoms with Crippen molar-refractivity contribution in [3.63, 3.8) is 0 Å². The minimum atomic E-state index is -3.88. The minimum Gasteiger partial charge on any atom is -0.493 e. The highest BCUT2D eigenvalue weighted by molar-refractivity contribution is 7.89. The maximum absolute atomic E-state index is 14.3. The first-order valence-electron chi connectivity index (χ1n) is 9.60. The molecule has 0 spiro atoms. The Labute approximate surface area is 178 Å². The van der Waals surface area contributed by atoms with Gasteiger partial charge in [0, 0.05) is 23.4 Å². The molecule has 0 fully saturated rings. The highest BCUT2D eigenvalue weighted by Crippen LogP contribution is 2.34. The molecule has 1 aliphatic rings. The summed E-state index contributed by atoms with van der Waals surface area (Å²) in [4.78, 5) is 0.0363. The zero-order chi connectivity index (χ0) is 22.2. The van der Waals surface area contributed by atoms with Crippen LogP contribution in [-0.2, 0) is 16.4 Å². The zero-order valence-electron chi connectivity index (χ0n) is 16.9. The third kappa shape index (κ3) is 4.00. The van der Waals surface area contributed by atoms with Crippen LogP contribution in [0.3, 0.4) is 0 Å². The first kappa shape index (κ1) is 21.3. The predicted octanol–water partition coefficient (Wildman–Crippen LogP) is 3.52. The Bertz CT molecular complexity index is 1230. The summed E-state index contributed by atoms with van der Waals surface area (Å²) in [6.07, 6.45) is 3.37. The summed E-state index contributed by atoms with van der Waals surface area (Å²) in [5, 5.41) is 4.24. The molecular weight excluding hydrogens is 428 g/mol. The third-order valence-electron chi connectivity index (χ3n) is 5.28. The molecule has 0 unspecified atom stereocenters. The van der Waals surface area contributed by atoms with Crippen molar-refractivity contribution in [2.24, 2.45) is 0 Å². The van der Waals surface area contributed by atoms with Crippen LogP contribution in [0.4, 0.5) is 8.78 Å². The summed E-state index contributed by atoms with van der Waals surface area (Å²) in [6.45, 7) is 0. The van der Waals surface area contributed by atoms with Crippen molar-refractivity contribution in [2.45, 2.75) is 30.2 Å². The molecule has 1 aromatic heterocycles. The number of hydrogen-bond donors (Lipinski definition) is 1. The summed E-state index contributed by atoms with van der Waals surface area (Å²) in [6, 6.07) is 7.09. The Morgan fingerprint density at radius 1 is 1.10 bits per heavy atom. The number of aromatic nitrogens is 2. The average Bonchev–Trinajstić information content (AvgIpc) is 3.18. The Balaban J connectivity index is 1.66. The van der Waals surface area contributed by atoms with Crippen LogP contribution in [0.25, 0.3) is 5.69 Å². The molecule has 1 N–H and O–H groups in total. The summed E-state index contributed by atoms with van der Waals surface area (Å²) < 4.78 is 68.0. The van der Waals surface area contributed by atoms with Gasteiger partial charge in [-0.05, 0) is 43.5 Å². The second kappa shape index (κ2) is 8.27. The fraction of sp³-hybridized carbons (Fsp3) is 0.286. The topological polar surface area (TPSA) is 82.5 Å². The molecule has 10 heteroatoms. The molecule has 0 aliphatic heterocycles. The lowest BCUT2D eigenvalue weighted by molar-refractivity contribution is 0.354. The average molecular weight is 449 g/mol. The van der Waals surface area contributed by atoms with E-state index < -0.39 is 27.7 Å². The van der Waals surface area contributed by atoms with Crippen molar-refractivity contribution in [1.29, 1.82) is 0 Å². The monoisotopic (exact) mass is 449 g/mol. The zero-order valence-corrected chi connectivity index (χ0v) is 17.7. The lowest BCUT2D eigenvalue weighted by atomic mass is 9.94. The Morgan fingerprint density at radius 2 is 1.87 bits per heavy atom. The van der Waals surface area contributed by atoms with Gasteiger partial charge in [0.1, 0.15) is 11.5 Å². The van der Waals surface area contributed by atoms with E-state index in [0.717, 1.165) is 12.1 Å². The normalized spacial score (nSPS) is 16.1. The second-order valence-electron chi connectivity index (χ2n) is 7.14. The lowest BCUT2D eigenvalue weighted by Gasteiger charge is -2.24. The second-order valence-corrected chi connectivity index (χ2v) is 8.85. The number of sulfonamides is 1. The number of hydrogen-bond acceptors (Lipinski definition) is 5. The number of benzene rings is 2. The number of halogens is 2. The molecule has 0 saturated heterocycles. The van der Waals surface area contributed by atoms with Crippen LogP contribution in [0.5, 0.6) is 11.5 Å². The van der Waals surface area contributed by atoms with Crippen LogP contribution < -0.4 is 14.2 Å². The highest BCUT2D eigenvalue weighted by Gasteiger charge is 2.30. The Hall–Kier alpha value is -2.98. The molecule has 164 valence electrons. The van der Waals surface area contributed by atoms with E-state index >= 15 is 0 Å². The van der Waals surface area contributed by atoms with E-state index in [1.807, 2.05) is 0 Å². The van der Waals surface area contributed by atoms with Crippen molar-refractivity contribution >= 4 is 10.0 Å². The molecule has 31 heavy (non-hydrogen) atoms. The van der Waals surface area contributed by atoms with Crippen LogP contribution >= 0.6 is 0 Å². The van der Waals surface area contributed by atoms with E-state index in [2.05, 4.69) is 9.82 Å². The van der Waals surface area contributed by atoms with E-state index in [1.54, 1.807) is 0 Å². The summed E-state index contributed by atoms with van der Waals surface area (Å²) >= 11 is 0. The van der Waals surface area contributed by atoms with Gasteiger partial charge in [-0.1, -0.05) is 0 Å². The van der Waals surface area contributed by atoms with Crippen LogP contribution in [0, 0.1) is 11.6 Å². The molecule has 0 amide bonds. The van der Waals surface area contributed by atoms with Crippen molar-refractivity contribution in [3.8, 4) is 17.2 Å². The first-order chi connectivity index (χ1) is 14.8. The Morgan fingerprint density at radius 3 is 2.58 bits per heavy atom. The molecular formula is C21H21F2N3O4S. The van der Waals surface area contributed by atoms with Gasteiger partial charge in [0.15, 0.2) is 17.3 Å². The smallest absolute Gasteiger partial charge is 0.241 e. The van der Waals surface area contributed by atoms with E-state index in [9.17, 15) is 17.2 Å². The van der Waals surface area contributed by atoms with Crippen LogP contribution in [0.15, 0.2) is 47.5 Å². The lowest BCUT2D eigenvalue weighted by Crippen LogP contribution is -2.31. The van der Waals surface area contributed by atoms with E-state index in [0.29, 0.717) is 42.0 Å². The van der Waals surface area contributed by atoms with Gasteiger partial charge in [-0.25, -0.2) is 26.6 Å². The molecule has 1 heterocycles. The van der Waals surface area contributed by atoms with Crippen LogP contribution in [-0.4, -0.2) is 32.4 Å². The molecule has 0 bridgehead atoms. The molecule has 3 aromatic rings. The molecule has 1 atom stereocenters. The van der Waals surface area contributed by atoms with Gasteiger partial charge in [-0.2, -0.15) is 5.10 Å². The fourth-order valence-corrected chi connectivity index (χ4v) is 5.04. The molecule has 1 aliphatic carbocycles. The Kier molecular flexibility index (Phi) is 5.67. The highest BCUT2D eigenvalue weighted by atomic mass is 32.2. The quantitative estimate of drug-likeness (QED) is 0.623. The van der Waals surface area contributed by atoms with Gasteiger partial charge >= 0.3 is 0 Å². The standard InChI is InChI=1S/C21H21F2N3O4S/c1-29-20-9-7-14(11-21(20)30-2)31(27,28)25-17-4-3-5-18-15(17)12-24-26(18)19-8-6-13(22)10-16(19)23/h6-12,17,25H,3-5H2,1-2H3/t17-/m0/s1. The van der Waals surface area contributed by atoms with E-state index in [-0.39, 0.29) is 10.6 Å². The maximum Gasteiger partial charge on any atom is 0.241 e. The molecule has 0 radical (unpaired) electrons. The van der Waals surface area contributed by atoms with Crippen molar-refractivity contribution in [3.05, 3.63) is 65.5 Å². The number of nitrogens with one attached hydrogen (secondary N) is 1. The van der Waals surface area contributed by atoms with Gasteiger partial charge in [0.05, 0.1) is 31.4 Å². The molecule has 7 nitrogen and oxygen atoms in total. The van der Waals surface area contributed by atoms with Gasteiger partial charge in [-0.15, -0.1) is 0 Å². The maximum atomic E-state index is 14.3. The van der Waals surface area contributed by atoms with Gasteiger partial charge < -0.3 is 9.47 Å². The largest absolute Gasteiger partial charge is 0.493 e. The minimum absolute atomic E-state index is 0.0363. The summed E-state index contributed by atoms with van der Waals surface area (Å²) in [5.41, 5.74) is 1.47. The number of methoxy groups -OCH3 is 2. The molecule has 0 saturated carbocycles. The van der Waals surface area contributed by atoms with Crippen molar-refractivity contribution < 1.29 is 26.7 Å². The van der Waals surface area contributed by atoms with E-state index in [4.69, 9.17) is 9.47 Å². The number of nitrogens with zero attached hydrogens (tertiary/aromatic N) is 2. The van der Waals surface area contributed by atoms with Crippen LogP contribution in [0.2, 0.25) is 0 Å². The van der Waals surface area contributed by atoms with Crippen molar-refractivity contribution in [2.75, 3.05) is 14.2 Å². The summed E-state index contributed by atoms with van der Waals surface area (Å²) in [7, 11) is -0.979. The fourth-order valence-electron chi connectivity index (χ4n) is 3.78. The SMILES string of the molecule is COc1ccc(S(=O)(=O)N[C@H]2CCCc3c2cnn3-c2ccc(F)cc2F)cc1OC. The molecule has 2 aromatic carbocycles. The predicted molar refractivity (Wildman–Crippen MR) is 109 cm³/mol. The molecule has 4 rings (SSSR count). The summed E-state index contributed by atoms with van der Waals surface area (Å²) in [5.74, 6) is -0.694. The van der Waals surface area contributed by atoms with Gasteiger partial charge in [0.2, 0.25) is 10.0 Å². The van der Waals surface area contributed by atoms with Crippen molar-refractivity contribution in [1.82, 2.24) is 14.5 Å². The van der Waals surface area contributed by atoms with Crippen LogP contribution in [0.1, 0.15) is 30.1 Å². The number of ether oxygens (including phenoxy) is 2. The third-order valence-corrected chi connectivity index (χ3v) is 6.75. The van der Waals surface area contributed by atoms with E-state index in [1.165, 1.54) is 49.4 Å². The first-order valence-corrected chi connectivity index (χ1v) is 11.1. The number of fused-ring (bicyclic) bond motifs is 1. The number of rotatable bonds is 6. The van der Waals surface area contributed by atoms with Gasteiger partial charge in [0.25, 0.3) is 0 Å².